The van der Waals surface area contributed by atoms with Crippen LogP contribution in [0.5, 0.6) is 0 Å². The number of nitrogens with zero attached hydrogens (tertiary/aromatic N) is 3. The molecule has 4 nitrogen and oxygen atoms in total. The molecule has 1 N–H and O–H groups in total. The van der Waals surface area contributed by atoms with E-state index in [1.54, 1.807) is 11.3 Å². The lowest BCUT2D eigenvalue weighted by Gasteiger charge is -2.38. The van der Waals surface area contributed by atoms with Gasteiger partial charge in [0.05, 0.1) is 5.69 Å². The average Bonchev–Trinajstić information content (AvgIpc) is 2.77. The molecule has 1 aliphatic heterocycles. The van der Waals surface area contributed by atoms with Gasteiger partial charge < -0.3 is 15.1 Å². The first-order valence-electron chi connectivity index (χ1n) is 7.16. The second-order valence-corrected chi connectivity index (χ2v) is 6.79. The molecular weight excluding hydrogens is 256 g/mol. The molecule has 5 heteroatoms. The fraction of sp³-hybridized carbons (Fsp3) is 0.786. The molecule has 0 aromatic carbocycles. The molecule has 19 heavy (non-hydrogen) atoms. The van der Waals surface area contributed by atoms with Gasteiger partial charge in [0.25, 0.3) is 0 Å². The van der Waals surface area contributed by atoms with Crippen LogP contribution >= 0.6 is 11.3 Å². The van der Waals surface area contributed by atoms with Crippen molar-refractivity contribution in [3.05, 3.63) is 11.1 Å². The predicted molar refractivity (Wildman–Crippen MR) is 83.0 cm³/mol. The van der Waals surface area contributed by atoms with Crippen LogP contribution < -0.4 is 10.2 Å². The first-order chi connectivity index (χ1) is 9.06. The van der Waals surface area contributed by atoms with Crippen LogP contribution in [0.1, 0.15) is 26.5 Å². The normalized spacial score (nSPS) is 21.3. The van der Waals surface area contributed by atoms with Crippen molar-refractivity contribution in [2.24, 2.45) is 5.92 Å². The van der Waals surface area contributed by atoms with Gasteiger partial charge in [0, 0.05) is 37.6 Å². The van der Waals surface area contributed by atoms with Crippen LogP contribution in [-0.2, 0) is 6.54 Å². The number of hydrogen-bond donors (Lipinski definition) is 1. The van der Waals surface area contributed by atoms with Gasteiger partial charge in [0.1, 0.15) is 0 Å². The number of rotatable bonds is 5. The molecule has 1 atom stereocenters. The lowest BCUT2D eigenvalue weighted by molar-refractivity contribution is 0.275. The first kappa shape index (κ1) is 14.8. The summed E-state index contributed by atoms with van der Waals surface area (Å²) in [4.78, 5) is 9.60. The number of aromatic nitrogens is 1. The summed E-state index contributed by atoms with van der Waals surface area (Å²) in [6, 6.07) is 0.557. The molecule has 0 amide bonds. The number of nitrogens with one attached hydrogen (secondary N) is 1. The highest BCUT2D eigenvalue weighted by molar-refractivity contribution is 7.13. The summed E-state index contributed by atoms with van der Waals surface area (Å²) in [5.41, 5.74) is 1.17. The van der Waals surface area contributed by atoms with Gasteiger partial charge in [-0.15, -0.1) is 11.3 Å². The Labute approximate surface area is 120 Å². The number of likely N-dealkylation sites (N-methyl/N-ethyl adjacent to an activating group) is 1. The van der Waals surface area contributed by atoms with Crippen LogP contribution in [0.3, 0.4) is 0 Å². The van der Waals surface area contributed by atoms with E-state index < -0.39 is 0 Å². The number of thiazole rings is 1. The van der Waals surface area contributed by atoms with Crippen LogP contribution in [0.25, 0.3) is 0 Å². The Hall–Kier alpha value is -0.650. The van der Waals surface area contributed by atoms with Gasteiger partial charge in [-0.05, 0) is 26.4 Å². The lowest BCUT2D eigenvalue weighted by Crippen LogP contribution is -2.50. The summed E-state index contributed by atoms with van der Waals surface area (Å²) < 4.78 is 0. The van der Waals surface area contributed by atoms with Crippen molar-refractivity contribution in [1.82, 2.24) is 15.2 Å². The van der Waals surface area contributed by atoms with Crippen molar-refractivity contribution in [3.8, 4) is 0 Å². The van der Waals surface area contributed by atoms with Crippen molar-refractivity contribution >= 4 is 16.5 Å². The van der Waals surface area contributed by atoms with E-state index in [1.807, 2.05) is 0 Å². The molecular formula is C14H26N4S. The zero-order valence-corrected chi connectivity index (χ0v) is 13.3. The number of hydrogen-bond acceptors (Lipinski definition) is 5. The van der Waals surface area contributed by atoms with E-state index in [0.717, 1.165) is 32.7 Å². The van der Waals surface area contributed by atoms with E-state index in [-0.39, 0.29) is 0 Å². The molecule has 1 aromatic heterocycles. The van der Waals surface area contributed by atoms with Crippen LogP contribution in [-0.4, -0.2) is 49.2 Å². The number of anilines is 1. The van der Waals surface area contributed by atoms with Gasteiger partial charge in [-0.2, -0.15) is 0 Å². The maximum Gasteiger partial charge on any atom is 0.185 e. The van der Waals surface area contributed by atoms with Crippen molar-refractivity contribution in [3.63, 3.8) is 0 Å². The summed E-state index contributed by atoms with van der Waals surface area (Å²) in [7, 11) is 2.19. The van der Waals surface area contributed by atoms with E-state index in [4.69, 9.17) is 4.98 Å². The molecule has 0 bridgehead atoms. The van der Waals surface area contributed by atoms with Gasteiger partial charge in [0.2, 0.25) is 0 Å². The smallest absolute Gasteiger partial charge is 0.185 e. The molecule has 1 unspecified atom stereocenters. The maximum atomic E-state index is 4.77. The standard InChI is InChI=1S/C14H26N4S/c1-11(2)7-15-8-13-10-19-14(16-13)18-6-5-17(4)9-12(18)3/h10-12,15H,5-9H2,1-4H3. The third-order valence-electron chi connectivity index (χ3n) is 3.47. The Kier molecular flexibility index (Phi) is 5.19. The molecule has 1 aromatic rings. The van der Waals surface area contributed by atoms with E-state index in [2.05, 4.69) is 48.3 Å². The van der Waals surface area contributed by atoms with E-state index in [0.29, 0.717) is 12.0 Å². The Morgan fingerprint density at radius 3 is 2.95 bits per heavy atom. The Bertz CT molecular complexity index is 391. The van der Waals surface area contributed by atoms with Gasteiger partial charge >= 0.3 is 0 Å². The summed E-state index contributed by atoms with van der Waals surface area (Å²) in [6.45, 7) is 12.0. The minimum absolute atomic E-state index is 0.557. The van der Waals surface area contributed by atoms with Crippen LogP contribution in [0, 0.1) is 5.92 Å². The first-order valence-corrected chi connectivity index (χ1v) is 8.04. The van der Waals surface area contributed by atoms with E-state index >= 15 is 0 Å². The van der Waals surface area contributed by atoms with Crippen LogP contribution in [0.4, 0.5) is 5.13 Å². The Balaban J connectivity index is 1.89. The summed E-state index contributed by atoms with van der Waals surface area (Å²) >= 11 is 1.78. The molecule has 0 aliphatic carbocycles. The van der Waals surface area contributed by atoms with Gasteiger partial charge in [0.15, 0.2) is 5.13 Å². The molecule has 0 saturated carbocycles. The molecule has 2 rings (SSSR count). The fourth-order valence-electron chi connectivity index (χ4n) is 2.42. The third-order valence-corrected chi connectivity index (χ3v) is 4.40. The van der Waals surface area contributed by atoms with Crippen molar-refractivity contribution in [2.45, 2.75) is 33.4 Å². The zero-order valence-electron chi connectivity index (χ0n) is 12.5. The maximum absolute atomic E-state index is 4.77. The minimum Gasteiger partial charge on any atom is -0.343 e. The summed E-state index contributed by atoms with van der Waals surface area (Å²) in [6.07, 6.45) is 0. The van der Waals surface area contributed by atoms with E-state index in [9.17, 15) is 0 Å². The highest BCUT2D eigenvalue weighted by atomic mass is 32.1. The number of piperazine rings is 1. The predicted octanol–water partition coefficient (Wildman–Crippen LogP) is 2.03. The Morgan fingerprint density at radius 1 is 1.47 bits per heavy atom. The van der Waals surface area contributed by atoms with Crippen LogP contribution in [0.15, 0.2) is 5.38 Å². The largest absolute Gasteiger partial charge is 0.343 e. The second-order valence-electron chi connectivity index (χ2n) is 5.95. The summed E-state index contributed by atoms with van der Waals surface area (Å²) in [5, 5.41) is 6.82. The van der Waals surface area contributed by atoms with Gasteiger partial charge in [-0.1, -0.05) is 13.8 Å². The third kappa shape index (κ3) is 4.16. The molecule has 1 aliphatic rings. The average molecular weight is 282 g/mol. The molecule has 0 radical (unpaired) electrons. The van der Waals surface area contributed by atoms with Crippen molar-refractivity contribution in [2.75, 3.05) is 38.1 Å². The van der Waals surface area contributed by atoms with Crippen LogP contribution in [0.2, 0.25) is 0 Å². The molecule has 2 heterocycles. The Morgan fingerprint density at radius 2 is 2.26 bits per heavy atom. The van der Waals surface area contributed by atoms with Gasteiger partial charge in [-0.25, -0.2) is 4.98 Å². The molecule has 108 valence electrons. The molecule has 0 spiro atoms. The molecule has 1 saturated heterocycles. The zero-order chi connectivity index (χ0) is 13.8. The molecule has 1 fully saturated rings. The highest BCUT2D eigenvalue weighted by Gasteiger charge is 2.23. The second kappa shape index (κ2) is 6.68. The minimum atomic E-state index is 0.557. The quantitative estimate of drug-likeness (QED) is 0.895. The van der Waals surface area contributed by atoms with E-state index in [1.165, 1.54) is 10.8 Å². The topological polar surface area (TPSA) is 31.4 Å². The van der Waals surface area contributed by atoms with Crippen molar-refractivity contribution < 1.29 is 0 Å². The SMILES string of the molecule is CC(C)CNCc1csc(N2CCN(C)CC2C)n1. The highest BCUT2D eigenvalue weighted by Crippen LogP contribution is 2.24. The summed E-state index contributed by atoms with van der Waals surface area (Å²) in [5.74, 6) is 0.691. The fourth-order valence-corrected chi connectivity index (χ4v) is 3.38. The monoisotopic (exact) mass is 282 g/mol. The lowest BCUT2D eigenvalue weighted by atomic mass is 10.2. The van der Waals surface area contributed by atoms with Crippen molar-refractivity contribution in [1.29, 1.82) is 0 Å². The van der Waals surface area contributed by atoms with Gasteiger partial charge in [-0.3, -0.25) is 0 Å².